The fourth-order valence-corrected chi connectivity index (χ4v) is 4.16. The van der Waals surface area contributed by atoms with E-state index < -0.39 is 0 Å². The van der Waals surface area contributed by atoms with Crippen LogP contribution in [-0.2, 0) is 6.42 Å². The zero-order valence-electron chi connectivity index (χ0n) is 18.7. The third-order valence-corrected chi connectivity index (χ3v) is 5.82. The monoisotopic (exact) mass is 426 g/mol. The van der Waals surface area contributed by atoms with Gasteiger partial charge in [-0.15, -0.1) is 0 Å². The molecule has 2 aromatic carbocycles. The number of carbonyl (C=O) groups excluding carboxylic acids is 1. The summed E-state index contributed by atoms with van der Waals surface area (Å²) < 4.78 is 6.41. The molecule has 1 atom stereocenters. The van der Waals surface area contributed by atoms with Crippen LogP contribution in [0.3, 0.4) is 0 Å². The van der Waals surface area contributed by atoms with E-state index in [2.05, 4.69) is 23.3 Å². The zero-order chi connectivity index (χ0) is 22.8. The standard InChI is InChI=1S/C27H26N2O3/c1-16-13-21(17(2)15-20-11-8-12-29-23(20)27(31)28-4)26-22(14-16)24(30)18(3)25(32-26)19-9-6-5-7-10-19/h5-14,17H,15H2,1-4H3,(H,28,31)/t17-/m0/s1. The van der Waals surface area contributed by atoms with E-state index in [1.54, 1.807) is 13.2 Å². The third-order valence-electron chi connectivity index (χ3n) is 5.82. The number of aromatic nitrogens is 1. The molecule has 162 valence electrons. The van der Waals surface area contributed by atoms with Crippen LogP contribution in [0.2, 0.25) is 0 Å². The summed E-state index contributed by atoms with van der Waals surface area (Å²) in [5.41, 5.74) is 5.27. The molecule has 0 aliphatic carbocycles. The van der Waals surface area contributed by atoms with E-state index >= 15 is 0 Å². The van der Waals surface area contributed by atoms with Crippen LogP contribution in [0, 0.1) is 13.8 Å². The lowest BCUT2D eigenvalue weighted by molar-refractivity contribution is 0.0957. The average molecular weight is 427 g/mol. The molecule has 0 aliphatic rings. The van der Waals surface area contributed by atoms with Crippen molar-refractivity contribution in [3.63, 3.8) is 0 Å². The number of fused-ring (bicyclic) bond motifs is 1. The molecule has 4 aromatic rings. The molecule has 0 bridgehead atoms. The molecule has 5 nitrogen and oxygen atoms in total. The molecular formula is C27H26N2O3. The molecule has 0 saturated heterocycles. The van der Waals surface area contributed by atoms with E-state index in [4.69, 9.17) is 4.42 Å². The van der Waals surface area contributed by atoms with Gasteiger partial charge in [-0.25, -0.2) is 0 Å². The molecule has 4 rings (SSSR count). The smallest absolute Gasteiger partial charge is 0.269 e. The van der Waals surface area contributed by atoms with Gasteiger partial charge in [-0.05, 0) is 55.0 Å². The minimum Gasteiger partial charge on any atom is -0.455 e. The zero-order valence-corrected chi connectivity index (χ0v) is 18.7. The highest BCUT2D eigenvalue weighted by Crippen LogP contribution is 2.33. The fraction of sp³-hybridized carbons (Fsp3) is 0.222. The molecule has 0 radical (unpaired) electrons. The summed E-state index contributed by atoms with van der Waals surface area (Å²) >= 11 is 0. The SMILES string of the molecule is CNC(=O)c1ncccc1C[C@H](C)c1cc(C)cc2c(=O)c(C)c(-c3ccccc3)oc12. The van der Waals surface area contributed by atoms with Gasteiger partial charge in [0, 0.05) is 24.4 Å². The Bertz CT molecular complexity index is 1360. The van der Waals surface area contributed by atoms with Gasteiger partial charge in [-0.3, -0.25) is 14.6 Å². The maximum absolute atomic E-state index is 13.3. The fourth-order valence-electron chi connectivity index (χ4n) is 4.16. The van der Waals surface area contributed by atoms with Gasteiger partial charge < -0.3 is 9.73 Å². The van der Waals surface area contributed by atoms with Crippen molar-refractivity contribution >= 4 is 16.9 Å². The molecule has 1 N–H and O–H groups in total. The van der Waals surface area contributed by atoms with Crippen LogP contribution in [0.25, 0.3) is 22.3 Å². The topological polar surface area (TPSA) is 72.2 Å². The van der Waals surface area contributed by atoms with Gasteiger partial charge >= 0.3 is 0 Å². The highest BCUT2D eigenvalue weighted by atomic mass is 16.3. The lowest BCUT2D eigenvalue weighted by Gasteiger charge is -2.17. The second-order valence-electron chi connectivity index (χ2n) is 8.18. The second-order valence-corrected chi connectivity index (χ2v) is 8.18. The summed E-state index contributed by atoms with van der Waals surface area (Å²) in [6.07, 6.45) is 2.21. The van der Waals surface area contributed by atoms with Gasteiger partial charge in [-0.2, -0.15) is 0 Å². The second kappa shape index (κ2) is 8.79. The van der Waals surface area contributed by atoms with Crippen LogP contribution in [0.1, 0.15) is 45.6 Å². The molecule has 0 saturated carbocycles. The minimum absolute atomic E-state index is 0.000476. The van der Waals surface area contributed by atoms with E-state index in [1.807, 2.05) is 62.4 Å². The number of benzene rings is 2. The van der Waals surface area contributed by atoms with Crippen LogP contribution >= 0.6 is 0 Å². The molecule has 2 aromatic heterocycles. The summed E-state index contributed by atoms with van der Waals surface area (Å²) in [6.45, 7) is 5.87. The number of hydrogen-bond donors (Lipinski definition) is 1. The number of amides is 1. The molecule has 0 spiro atoms. The number of pyridine rings is 1. The molecule has 5 heteroatoms. The van der Waals surface area contributed by atoms with E-state index in [0.29, 0.717) is 34.4 Å². The van der Waals surface area contributed by atoms with Gasteiger partial charge in [0.1, 0.15) is 17.0 Å². The lowest BCUT2D eigenvalue weighted by atomic mass is 9.90. The molecular weight excluding hydrogens is 400 g/mol. The van der Waals surface area contributed by atoms with E-state index in [1.165, 1.54) is 0 Å². The summed E-state index contributed by atoms with van der Waals surface area (Å²) in [4.78, 5) is 29.8. The Labute approximate surface area is 187 Å². The van der Waals surface area contributed by atoms with E-state index in [9.17, 15) is 9.59 Å². The first-order valence-corrected chi connectivity index (χ1v) is 10.7. The van der Waals surface area contributed by atoms with Crippen molar-refractivity contribution in [3.8, 4) is 11.3 Å². The summed E-state index contributed by atoms with van der Waals surface area (Å²) in [7, 11) is 1.60. The first-order chi connectivity index (χ1) is 15.4. The number of aryl methyl sites for hydroxylation is 1. The molecule has 32 heavy (non-hydrogen) atoms. The van der Waals surface area contributed by atoms with Crippen molar-refractivity contribution in [1.29, 1.82) is 0 Å². The highest BCUT2D eigenvalue weighted by Gasteiger charge is 2.21. The van der Waals surface area contributed by atoms with Crippen molar-refractivity contribution < 1.29 is 9.21 Å². The number of carbonyl (C=O) groups is 1. The van der Waals surface area contributed by atoms with Crippen LogP contribution in [0.4, 0.5) is 0 Å². The Balaban J connectivity index is 1.87. The number of hydrogen-bond acceptors (Lipinski definition) is 4. The molecule has 0 aliphatic heterocycles. The van der Waals surface area contributed by atoms with Crippen molar-refractivity contribution in [2.45, 2.75) is 33.1 Å². The van der Waals surface area contributed by atoms with Gasteiger partial charge in [0.15, 0.2) is 5.43 Å². The molecule has 2 heterocycles. The quantitative estimate of drug-likeness (QED) is 0.477. The largest absolute Gasteiger partial charge is 0.455 e. The van der Waals surface area contributed by atoms with Crippen molar-refractivity contribution in [2.24, 2.45) is 0 Å². The van der Waals surface area contributed by atoms with Crippen LogP contribution in [0.15, 0.2) is 70.0 Å². The number of nitrogens with one attached hydrogen (secondary N) is 1. The number of rotatable bonds is 5. The first kappa shape index (κ1) is 21.5. The average Bonchev–Trinajstić information content (AvgIpc) is 2.81. The molecule has 0 unspecified atom stereocenters. The van der Waals surface area contributed by atoms with Crippen LogP contribution < -0.4 is 10.7 Å². The Kier molecular flexibility index (Phi) is 5.91. The van der Waals surface area contributed by atoms with Gasteiger partial charge in [0.2, 0.25) is 0 Å². The van der Waals surface area contributed by atoms with Crippen LogP contribution in [0.5, 0.6) is 0 Å². The maximum Gasteiger partial charge on any atom is 0.269 e. The van der Waals surface area contributed by atoms with E-state index in [0.717, 1.165) is 22.3 Å². The Morgan fingerprint density at radius 3 is 2.56 bits per heavy atom. The summed E-state index contributed by atoms with van der Waals surface area (Å²) in [6, 6.07) is 17.4. The predicted molar refractivity (Wildman–Crippen MR) is 127 cm³/mol. The predicted octanol–water partition coefficient (Wildman–Crippen LogP) is 5.18. The Morgan fingerprint density at radius 2 is 1.84 bits per heavy atom. The Hall–Kier alpha value is -3.73. The molecule has 0 fully saturated rings. The summed E-state index contributed by atoms with van der Waals surface area (Å²) in [5, 5.41) is 3.24. The highest BCUT2D eigenvalue weighted by molar-refractivity contribution is 5.93. The van der Waals surface area contributed by atoms with Crippen molar-refractivity contribution in [1.82, 2.24) is 10.3 Å². The minimum atomic E-state index is -0.213. The van der Waals surface area contributed by atoms with Crippen molar-refractivity contribution in [3.05, 3.63) is 99.0 Å². The van der Waals surface area contributed by atoms with Crippen LogP contribution in [-0.4, -0.2) is 17.9 Å². The van der Waals surface area contributed by atoms with Gasteiger partial charge in [-0.1, -0.05) is 49.4 Å². The maximum atomic E-state index is 13.3. The summed E-state index contributed by atoms with van der Waals surface area (Å²) in [5.74, 6) is 0.378. The normalized spacial score (nSPS) is 12.0. The van der Waals surface area contributed by atoms with E-state index in [-0.39, 0.29) is 17.3 Å². The third kappa shape index (κ3) is 3.94. The van der Waals surface area contributed by atoms with Gasteiger partial charge in [0.25, 0.3) is 5.91 Å². The first-order valence-electron chi connectivity index (χ1n) is 10.7. The molecule has 1 amide bonds. The Morgan fingerprint density at radius 1 is 1.09 bits per heavy atom. The lowest BCUT2D eigenvalue weighted by Crippen LogP contribution is -2.21. The van der Waals surface area contributed by atoms with Gasteiger partial charge in [0.05, 0.1) is 5.39 Å². The number of nitrogens with zero attached hydrogens (tertiary/aromatic N) is 1. The van der Waals surface area contributed by atoms with Crippen molar-refractivity contribution in [2.75, 3.05) is 7.05 Å².